The van der Waals surface area contributed by atoms with E-state index < -0.39 is 5.41 Å². The maximum atomic E-state index is 13.8. The molecule has 1 aliphatic heterocycles. The van der Waals surface area contributed by atoms with E-state index in [0.717, 1.165) is 0 Å². The minimum absolute atomic E-state index is 0. The van der Waals surface area contributed by atoms with Gasteiger partial charge < -0.3 is 15.4 Å². The highest BCUT2D eigenvalue weighted by molar-refractivity contribution is 5.85. The summed E-state index contributed by atoms with van der Waals surface area (Å²) in [7, 11) is 0. The number of hydrogen-bond acceptors (Lipinski definition) is 3. The molecule has 1 fully saturated rings. The average Bonchev–Trinajstić information content (AvgIpc) is 2.46. The quantitative estimate of drug-likeness (QED) is 0.887. The summed E-state index contributed by atoms with van der Waals surface area (Å²) in [5, 5.41) is 5.97. The largest absolute Gasteiger partial charge is 0.378 e. The molecule has 1 atom stereocenters. The first-order valence-electron chi connectivity index (χ1n) is 6.84. The minimum atomic E-state index is -0.462. The van der Waals surface area contributed by atoms with Gasteiger partial charge in [0.2, 0.25) is 5.91 Å². The van der Waals surface area contributed by atoms with E-state index in [-0.39, 0.29) is 30.2 Å². The number of amides is 1. The molecule has 4 nitrogen and oxygen atoms in total. The SMILES string of the molecule is CC(C)(CNC(=O)C1COCCN1)c1ccccc1F.Cl. The third kappa shape index (κ3) is 4.66. The number of morpholine rings is 1. The Kier molecular flexibility index (Phi) is 6.58. The number of hydrogen-bond donors (Lipinski definition) is 2. The molecule has 1 unspecified atom stereocenters. The van der Waals surface area contributed by atoms with Crippen LogP contribution in [0.1, 0.15) is 19.4 Å². The van der Waals surface area contributed by atoms with E-state index >= 15 is 0 Å². The summed E-state index contributed by atoms with van der Waals surface area (Å²) in [6, 6.07) is 6.34. The number of halogens is 2. The number of rotatable bonds is 4. The minimum Gasteiger partial charge on any atom is -0.378 e. The van der Waals surface area contributed by atoms with Crippen LogP contribution in [0.5, 0.6) is 0 Å². The summed E-state index contributed by atoms with van der Waals surface area (Å²) in [5.41, 5.74) is 0.143. The predicted molar refractivity (Wildman–Crippen MR) is 82.3 cm³/mol. The van der Waals surface area contributed by atoms with Crippen molar-refractivity contribution in [2.24, 2.45) is 0 Å². The molecule has 21 heavy (non-hydrogen) atoms. The summed E-state index contributed by atoms with van der Waals surface area (Å²) in [6.07, 6.45) is 0. The first-order valence-corrected chi connectivity index (χ1v) is 6.84. The molecule has 2 rings (SSSR count). The van der Waals surface area contributed by atoms with E-state index in [9.17, 15) is 9.18 Å². The predicted octanol–water partition coefficient (Wildman–Crippen LogP) is 1.63. The van der Waals surface area contributed by atoms with Crippen LogP contribution in [-0.4, -0.2) is 38.3 Å². The summed E-state index contributed by atoms with van der Waals surface area (Å²) < 4.78 is 19.1. The van der Waals surface area contributed by atoms with Gasteiger partial charge >= 0.3 is 0 Å². The number of nitrogens with one attached hydrogen (secondary N) is 2. The van der Waals surface area contributed by atoms with Crippen molar-refractivity contribution in [3.63, 3.8) is 0 Å². The van der Waals surface area contributed by atoms with E-state index in [1.807, 2.05) is 13.8 Å². The number of carbonyl (C=O) groups is 1. The zero-order valence-electron chi connectivity index (χ0n) is 12.3. The standard InChI is InChI=1S/C15H21FN2O2.ClH/c1-15(2,11-5-3-4-6-12(11)16)10-18-14(19)13-9-20-8-7-17-13;/h3-6,13,17H,7-10H2,1-2H3,(H,18,19);1H. The Bertz CT molecular complexity index is 476. The summed E-state index contributed by atoms with van der Waals surface area (Å²) >= 11 is 0. The molecule has 1 aliphatic rings. The van der Waals surface area contributed by atoms with Crippen LogP contribution in [-0.2, 0) is 14.9 Å². The van der Waals surface area contributed by atoms with Crippen molar-refractivity contribution >= 4 is 18.3 Å². The number of ether oxygens (including phenoxy) is 1. The molecule has 0 bridgehead atoms. The molecule has 1 heterocycles. The van der Waals surface area contributed by atoms with Crippen molar-refractivity contribution in [1.82, 2.24) is 10.6 Å². The van der Waals surface area contributed by atoms with Gasteiger partial charge in [0.15, 0.2) is 0 Å². The normalized spacial score (nSPS) is 18.7. The Morgan fingerprint density at radius 1 is 1.48 bits per heavy atom. The van der Waals surface area contributed by atoms with Gasteiger partial charge in [-0.15, -0.1) is 12.4 Å². The Morgan fingerprint density at radius 3 is 2.81 bits per heavy atom. The number of benzene rings is 1. The van der Waals surface area contributed by atoms with E-state index in [0.29, 0.717) is 31.9 Å². The van der Waals surface area contributed by atoms with E-state index in [4.69, 9.17) is 4.74 Å². The molecule has 6 heteroatoms. The van der Waals surface area contributed by atoms with Gasteiger partial charge in [-0.05, 0) is 11.6 Å². The van der Waals surface area contributed by atoms with Gasteiger partial charge in [0.05, 0.1) is 13.2 Å². The van der Waals surface area contributed by atoms with Gasteiger partial charge in [-0.3, -0.25) is 4.79 Å². The van der Waals surface area contributed by atoms with Gasteiger partial charge in [-0.2, -0.15) is 0 Å². The molecule has 2 N–H and O–H groups in total. The van der Waals surface area contributed by atoms with Crippen LogP contribution in [0.3, 0.4) is 0 Å². The highest BCUT2D eigenvalue weighted by atomic mass is 35.5. The van der Waals surface area contributed by atoms with Crippen molar-refractivity contribution in [2.75, 3.05) is 26.3 Å². The molecule has 0 aliphatic carbocycles. The highest BCUT2D eigenvalue weighted by Gasteiger charge is 2.27. The molecule has 118 valence electrons. The molecular formula is C15H22ClFN2O2. The van der Waals surface area contributed by atoms with Crippen molar-refractivity contribution in [3.8, 4) is 0 Å². The van der Waals surface area contributed by atoms with Crippen molar-refractivity contribution in [1.29, 1.82) is 0 Å². The van der Waals surface area contributed by atoms with Crippen LogP contribution >= 0.6 is 12.4 Å². The average molecular weight is 317 g/mol. The zero-order valence-corrected chi connectivity index (χ0v) is 13.1. The molecule has 0 aromatic heterocycles. The monoisotopic (exact) mass is 316 g/mol. The molecule has 0 radical (unpaired) electrons. The maximum Gasteiger partial charge on any atom is 0.239 e. The van der Waals surface area contributed by atoms with Crippen molar-refractivity contribution < 1.29 is 13.9 Å². The molecule has 0 saturated carbocycles. The first kappa shape index (κ1) is 17.9. The Balaban J connectivity index is 0.00000220. The van der Waals surface area contributed by atoms with Gasteiger partial charge in [0, 0.05) is 18.5 Å². The highest BCUT2D eigenvalue weighted by Crippen LogP contribution is 2.24. The fourth-order valence-corrected chi connectivity index (χ4v) is 2.27. The smallest absolute Gasteiger partial charge is 0.239 e. The molecule has 1 aromatic rings. The second-order valence-electron chi connectivity index (χ2n) is 5.66. The van der Waals surface area contributed by atoms with Gasteiger partial charge in [0.25, 0.3) is 0 Å². The lowest BCUT2D eigenvalue weighted by molar-refractivity contribution is -0.126. The Labute approximate surface area is 130 Å². The van der Waals surface area contributed by atoms with Gasteiger partial charge in [0.1, 0.15) is 11.9 Å². The van der Waals surface area contributed by atoms with Crippen LogP contribution in [0.4, 0.5) is 4.39 Å². The van der Waals surface area contributed by atoms with E-state index in [2.05, 4.69) is 10.6 Å². The Morgan fingerprint density at radius 2 is 2.19 bits per heavy atom. The molecular weight excluding hydrogens is 295 g/mol. The van der Waals surface area contributed by atoms with Gasteiger partial charge in [-0.1, -0.05) is 32.0 Å². The number of carbonyl (C=O) groups excluding carboxylic acids is 1. The van der Waals surface area contributed by atoms with Crippen LogP contribution < -0.4 is 10.6 Å². The topological polar surface area (TPSA) is 50.4 Å². The summed E-state index contributed by atoms with van der Waals surface area (Å²) in [4.78, 5) is 12.0. The van der Waals surface area contributed by atoms with Crippen molar-refractivity contribution in [2.45, 2.75) is 25.3 Å². The van der Waals surface area contributed by atoms with Crippen molar-refractivity contribution in [3.05, 3.63) is 35.6 Å². The second-order valence-corrected chi connectivity index (χ2v) is 5.66. The summed E-state index contributed by atoms with van der Waals surface area (Å²) in [5.74, 6) is -0.347. The van der Waals surface area contributed by atoms with Gasteiger partial charge in [-0.25, -0.2) is 4.39 Å². The second kappa shape index (κ2) is 7.73. The molecule has 0 spiro atoms. The fourth-order valence-electron chi connectivity index (χ4n) is 2.27. The Hall–Kier alpha value is -1.17. The van der Waals surface area contributed by atoms with Crippen LogP contribution in [0, 0.1) is 5.82 Å². The van der Waals surface area contributed by atoms with Crippen LogP contribution in [0.15, 0.2) is 24.3 Å². The molecule has 1 saturated heterocycles. The lowest BCUT2D eigenvalue weighted by atomic mass is 9.84. The first-order chi connectivity index (χ1) is 9.50. The molecule has 1 aromatic carbocycles. The zero-order chi connectivity index (χ0) is 14.6. The van der Waals surface area contributed by atoms with Crippen LogP contribution in [0.25, 0.3) is 0 Å². The molecule has 1 amide bonds. The maximum absolute atomic E-state index is 13.8. The fraction of sp³-hybridized carbons (Fsp3) is 0.533. The van der Waals surface area contributed by atoms with E-state index in [1.165, 1.54) is 6.07 Å². The third-order valence-corrected chi connectivity index (χ3v) is 3.55. The lowest BCUT2D eigenvalue weighted by Gasteiger charge is -2.28. The summed E-state index contributed by atoms with van der Waals surface area (Å²) in [6.45, 7) is 5.89. The third-order valence-electron chi connectivity index (χ3n) is 3.55. The lowest BCUT2D eigenvalue weighted by Crippen LogP contribution is -2.52. The van der Waals surface area contributed by atoms with Crippen LogP contribution in [0.2, 0.25) is 0 Å². The van der Waals surface area contributed by atoms with E-state index in [1.54, 1.807) is 18.2 Å².